The molecule has 0 spiro atoms. The number of nitrogens with one attached hydrogen (secondary N) is 2. The van der Waals surface area contributed by atoms with Crippen molar-refractivity contribution in [3.63, 3.8) is 0 Å². The number of methoxy groups -OCH3 is 2. The Labute approximate surface area is 354 Å². The number of nitrogens with zero attached hydrogens (tertiary/aromatic N) is 4. The molecule has 0 aliphatic rings. The molecule has 60 heavy (non-hydrogen) atoms. The molecule has 0 saturated heterocycles. The Morgan fingerprint density at radius 3 is 2.10 bits per heavy atom. The smallest absolute Gasteiger partial charge is 0.271 e. The third-order valence-electron chi connectivity index (χ3n) is 9.86. The molecule has 16 heteroatoms. The van der Waals surface area contributed by atoms with Crippen LogP contribution in [0.2, 0.25) is 5.02 Å². The highest BCUT2D eigenvalue weighted by Crippen LogP contribution is 2.42. The lowest BCUT2D eigenvalue weighted by Crippen LogP contribution is -2.30. The van der Waals surface area contributed by atoms with Crippen molar-refractivity contribution in [3.05, 3.63) is 99.5 Å². The van der Waals surface area contributed by atoms with E-state index in [1.807, 2.05) is 6.92 Å². The van der Waals surface area contributed by atoms with Crippen molar-refractivity contribution in [2.24, 2.45) is 10.8 Å². The molecule has 0 aliphatic heterocycles. The largest absolute Gasteiger partial charge is 0.493 e. The zero-order valence-electron chi connectivity index (χ0n) is 35.5. The average Bonchev–Trinajstić information content (AvgIpc) is 3.74. The van der Waals surface area contributed by atoms with Crippen LogP contribution in [-0.4, -0.2) is 73.3 Å². The van der Waals surface area contributed by atoms with E-state index in [1.165, 1.54) is 31.3 Å². The molecule has 0 saturated carbocycles. The van der Waals surface area contributed by atoms with Crippen LogP contribution in [0.3, 0.4) is 0 Å². The molecule has 0 aliphatic carbocycles. The number of aryl methyl sites for hydroxylation is 1. The summed E-state index contributed by atoms with van der Waals surface area (Å²) in [5.41, 5.74) is 1.48. The molecule has 0 bridgehead atoms. The summed E-state index contributed by atoms with van der Waals surface area (Å²) < 4.78 is 48.2. The Bertz CT molecular complexity index is 2780. The number of hydrogen-bond acceptors (Lipinski definition) is 10. The van der Waals surface area contributed by atoms with E-state index >= 15 is 0 Å². The van der Waals surface area contributed by atoms with Crippen molar-refractivity contribution in [3.8, 4) is 11.5 Å². The molecule has 6 aromatic rings. The average molecular weight is 857 g/mol. The van der Waals surface area contributed by atoms with Crippen LogP contribution >= 0.6 is 11.6 Å². The second-order valence-electron chi connectivity index (χ2n) is 16.8. The summed E-state index contributed by atoms with van der Waals surface area (Å²) >= 11 is 6.54. The number of amides is 3. The highest BCUT2D eigenvalue weighted by atomic mass is 35.5. The van der Waals surface area contributed by atoms with E-state index in [9.17, 15) is 22.8 Å². The van der Waals surface area contributed by atoms with E-state index in [4.69, 9.17) is 25.5 Å². The Morgan fingerprint density at radius 1 is 0.850 bits per heavy atom. The normalized spacial score (nSPS) is 12.1. The van der Waals surface area contributed by atoms with Crippen molar-refractivity contribution < 1.29 is 36.7 Å². The molecule has 6 rings (SSSR count). The lowest BCUT2D eigenvalue weighted by Gasteiger charge is -2.20. The maximum Gasteiger partial charge on any atom is 0.271 e. The number of anilines is 2. The summed E-state index contributed by atoms with van der Waals surface area (Å²) in [5.74, 6) is 0.107. The first-order chi connectivity index (χ1) is 28.0. The lowest BCUT2D eigenvalue weighted by atomic mass is 9.95. The van der Waals surface area contributed by atoms with Gasteiger partial charge in [0.1, 0.15) is 17.3 Å². The van der Waals surface area contributed by atoms with Crippen molar-refractivity contribution in [1.82, 2.24) is 18.8 Å². The zero-order chi connectivity index (χ0) is 44.1. The van der Waals surface area contributed by atoms with Crippen LogP contribution in [0.25, 0.3) is 21.9 Å². The van der Waals surface area contributed by atoms with Gasteiger partial charge in [0.15, 0.2) is 11.3 Å². The summed E-state index contributed by atoms with van der Waals surface area (Å²) in [6, 6.07) is 14.8. The topological polar surface area (TPSA) is 175 Å². The van der Waals surface area contributed by atoms with Crippen molar-refractivity contribution in [1.29, 1.82) is 0 Å². The Balaban J connectivity index is 1.54. The molecule has 14 nitrogen and oxygen atoms in total. The number of aromatic nitrogens is 3. The van der Waals surface area contributed by atoms with Crippen LogP contribution < -0.4 is 20.1 Å². The van der Waals surface area contributed by atoms with E-state index in [0.29, 0.717) is 55.3 Å². The molecule has 0 radical (unpaired) electrons. The van der Waals surface area contributed by atoms with Crippen LogP contribution in [0.5, 0.6) is 11.5 Å². The van der Waals surface area contributed by atoms with E-state index < -0.39 is 26.8 Å². The summed E-state index contributed by atoms with van der Waals surface area (Å²) in [4.78, 5) is 50.6. The van der Waals surface area contributed by atoms with Crippen LogP contribution in [-0.2, 0) is 32.5 Å². The van der Waals surface area contributed by atoms with E-state index in [2.05, 4.69) is 20.6 Å². The fraction of sp³-hybridized carbons (Fsp3) is 0.341. The summed E-state index contributed by atoms with van der Waals surface area (Å²) in [5, 5.41) is 7.05. The Morgan fingerprint density at radius 2 is 1.50 bits per heavy atom. The molecule has 0 unspecified atom stereocenters. The maximum atomic E-state index is 14.5. The SMILES string of the molecule is COc1cc(Cc2cnc(NC(=O)C(C)(C)C)nc2NC(=O)C(C)(C)C)c2cc(Cc3c(C(=O)N(C)C)n(S(=O)(=O)c4ccc(C)cc4)c4ccc(Cl)cc34)oc2c1OC. The molecule has 3 aromatic heterocycles. The highest BCUT2D eigenvalue weighted by molar-refractivity contribution is 7.90. The van der Waals surface area contributed by atoms with E-state index in [1.54, 1.807) is 104 Å². The molecule has 3 aromatic carbocycles. The third kappa shape index (κ3) is 8.54. The first kappa shape index (κ1) is 43.6. The number of rotatable bonds is 11. The van der Waals surface area contributed by atoms with Crippen molar-refractivity contribution in [2.75, 3.05) is 38.9 Å². The number of carbonyl (C=O) groups is 3. The molecular weight excluding hydrogens is 808 g/mol. The molecule has 3 amide bonds. The molecule has 0 atom stereocenters. The van der Waals surface area contributed by atoms with Gasteiger partial charge in [-0.1, -0.05) is 70.8 Å². The highest BCUT2D eigenvalue weighted by Gasteiger charge is 2.33. The minimum Gasteiger partial charge on any atom is -0.493 e. The van der Waals surface area contributed by atoms with Crippen molar-refractivity contribution >= 4 is 73.0 Å². The summed E-state index contributed by atoms with van der Waals surface area (Å²) in [7, 11) is 1.78. The van der Waals surface area contributed by atoms with Gasteiger partial charge in [-0.05, 0) is 60.5 Å². The number of carbonyl (C=O) groups excluding carboxylic acids is 3. The van der Waals surface area contributed by atoms with Crippen LogP contribution in [0.4, 0.5) is 11.8 Å². The van der Waals surface area contributed by atoms with Gasteiger partial charge in [0.2, 0.25) is 23.5 Å². The molecule has 316 valence electrons. The maximum absolute atomic E-state index is 14.5. The number of fused-ring (bicyclic) bond motifs is 2. The van der Waals surface area contributed by atoms with Gasteiger partial charge in [0.05, 0.1) is 24.6 Å². The van der Waals surface area contributed by atoms with Gasteiger partial charge in [0.25, 0.3) is 15.9 Å². The molecule has 3 heterocycles. The Hall–Kier alpha value is -5.93. The fourth-order valence-electron chi connectivity index (χ4n) is 6.48. The lowest BCUT2D eigenvalue weighted by molar-refractivity contribution is -0.123. The molecular formula is C44H49ClN6O8S. The molecule has 0 fully saturated rings. The van der Waals surface area contributed by atoms with E-state index in [-0.39, 0.29) is 52.5 Å². The second kappa shape index (κ2) is 16.3. The number of halogens is 1. The number of furan rings is 1. The van der Waals surface area contributed by atoms with Gasteiger partial charge in [0, 0.05) is 65.3 Å². The zero-order valence-corrected chi connectivity index (χ0v) is 37.1. The fourth-order valence-corrected chi connectivity index (χ4v) is 8.19. The quantitative estimate of drug-likeness (QED) is 0.129. The van der Waals surface area contributed by atoms with Gasteiger partial charge < -0.3 is 24.1 Å². The van der Waals surface area contributed by atoms with Gasteiger partial charge in [-0.15, -0.1) is 0 Å². The summed E-state index contributed by atoms with van der Waals surface area (Å²) in [6.07, 6.45) is 1.68. The predicted octanol–water partition coefficient (Wildman–Crippen LogP) is 8.25. The minimum absolute atomic E-state index is 0.0103. The second-order valence-corrected chi connectivity index (χ2v) is 19.0. The van der Waals surface area contributed by atoms with E-state index in [0.717, 1.165) is 9.54 Å². The predicted molar refractivity (Wildman–Crippen MR) is 232 cm³/mol. The Kier molecular flexibility index (Phi) is 11.8. The first-order valence-corrected chi connectivity index (χ1v) is 20.9. The van der Waals surface area contributed by atoms with Crippen LogP contribution in [0, 0.1) is 17.8 Å². The minimum atomic E-state index is -4.31. The van der Waals surface area contributed by atoms with Gasteiger partial charge in [-0.2, -0.15) is 4.98 Å². The van der Waals surface area contributed by atoms with Crippen LogP contribution in [0.1, 0.15) is 80.0 Å². The van der Waals surface area contributed by atoms with Crippen LogP contribution in [0.15, 0.2) is 70.1 Å². The monoisotopic (exact) mass is 856 g/mol. The first-order valence-electron chi connectivity index (χ1n) is 19.1. The summed E-state index contributed by atoms with van der Waals surface area (Å²) in [6.45, 7) is 12.5. The number of benzene rings is 3. The third-order valence-corrected chi connectivity index (χ3v) is 11.8. The number of hydrogen-bond donors (Lipinski definition) is 2. The number of ether oxygens (including phenoxy) is 2. The standard InChI is InChI=1S/C44H49ClN6O8S/c1-24-12-15-29(16-13-24)60(55,56)51-33-17-14-27(45)20-31(33)32(35(51)39(52)50(8)9)22-28-21-30-25(19-34(57-10)37(58-11)36(30)59-28)18-26-23-46-42(49-41(54)44(5,6)7)48-38(26)47-40(53)43(2,3)4/h12-17,19-21,23H,18,22H2,1-11H3,(H2,46,47,48,49,53,54). The molecule has 2 N–H and O–H groups in total. The van der Waals surface area contributed by atoms with Gasteiger partial charge >= 0.3 is 0 Å². The van der Waals surface area contributed by atoms with Crippen molar-refractivity contribution in [2.45, 2.75) is 66.2 Å². The van der Waals surface area contributed by atoms with Gasteiger partial charge in [-0.3, -0.25) is 19.7 Å². The van der Waals surface area contributed by atoms with Gasteiger partial charge in [-0.25, -0.2) is 17.4 Å².